The van der Waals surface area contributed by atoms with Crippen LogP contribution in [-0.2, 0) is 21.1 Å². The summed E-state index contributed by atoms with van der Waals surface area (Å²) in [7, 11) is -3.43. The van der Waals surface area contributed by atoms with Gasteiger partial charge in [0, 0.05) is 12.8 Å². The molecule has 2 atom stereocenters. The minimum absolute atomic E-state index is 0.0254. The molecule has 0 aliphatic carbocycles. The zero-order valence-corrected chi connectivity index (χ0v) is 20.8. The van der Waals surface area contributed by atoms with Gasteiger partial charge in [-0.25, -0.2) is 8.42 Å². The number of hydrogen-bond acceptors (Lipinski definition) is 8. The van der Waals surface area contributed by atoms with Gasteiger partial charge in [0.2, 0.25) is 5.91 Å². The van der Waals surface area contributed by atoms with Crippen molar-refractivity contribution in [2.75, 3.05) is 25.9 Å². The number of rotatable bonds is 9. The molecule has 0 saturated carbocycles. The fourth-order valence-electron chi connectivity index (χ4n) is 3.36. The second-order valence-electron chi connectivity index (χ2n) is 7.97. The monoisotopic (exact) mass is 516 g/mol. The smallest absolute Gasteiger partial charge is 0.252 e. The van der Waals surface area contributed by atoms with Crippen molar-refractivity contribution in [2.45, 2.75) is 30.3 Å². The Hall–Kier alpha value is -3.49. The van der Waals surface area contributed by atoms with Gasteiger partial charge in [0.25, 0.3) is 5.91 Å². The predicted octanol–water partition coefficient (Wildman–Crippen LogP) is 2.47. The van der Waals surface area contributed by atoms with Crippen LogP contribution in [0.1, 0.15) is 34.5 Å². The molecule has 0 aromatic heterocycles. The summed E-state index contributed by atoms with van der Waals surface area (Å²) in [5, 5.41) is 24.3. The zero-order valence-electron chi connectivity index (χ0n) is 19.2. The third-order valence-corrected chi connectivity index (χ3v) is 6.83. The SMILES string of the molecule is CCc1ccc(C(C#N)NC(=O)C2CN(CCNC(=O)c3ccc(S(C)(=O)=O)cc3Cl)N=N2)cc1. The number of aryl methyl sites for hydroxylation is 1. The van der Waals surface area contributed by atoms with Gasteiger partial charge in [-0.15, -0.1) is 0 Å². The second-order valence-corrected chi connectivity index (χ2v) is 10.4. The van der Waals surface area contributed by atoms with Crippen molar-refractivity contribution < 1.29 is 18.0 Å². The third-order valence-electron chi connectivity index (χ3n) is 5.41. The Labute approximate surface area is 208 Å². The third kappa shape index (κ3) is 6.77. The Morgan fingerprint density at radius 3 is 2.57 bits per heavy atom. The van der Waals surface area contributed by atoms with Crippen molar-refractivity contribution in [3.8, 4) is 6.07 Å². The molecule has 1 aliphatic heterocycles. The first-order valence-corrected chi connectivity index (χ1v) is 13.1. The average molecular weight is 517 g/mol. The lowest BCUT2D eigenvalue weighted by molar-refractivity contribution is -0.122. The number of sulfone groups is 1. The quantitative estimate of drug-likeness (QED) is 0.523. The highest BCUT2D eigenvalue weighted by molar-refractivity contribution is 7.90. The molecule has 1 heterocycles. The van der Waals surface area contributed by atoms with Gasteiger partial charge in [-0.05, 0) is 35.7 Å². The van der Waals surface area contributed by atoms with Crippen molar-refractivity contribution in [2.24, 2.45) is 10.3 Å². The lowest BCUT2D eigenvalue weighted by atomic mass is 10.0. The maximum atomic E-state index is 12.6. The summed E-state index contributed by atoms with van der Waals surface area (Å²) in [6.45, 7) is 2.73. The van der Waals surface area contributed by atoms with Crippen LogP contribution in [-0.4, -0.2) is 57.2 Å². The number of benzene rings is 2. The van der Waals surface area contributed by atoms with Gasteiger partial charge in [-0.2, -0.15) is 10.4 Å². The lowest BCUT2D eigenvalue weighted by Crippen LogP contribution is -2.40. The Kier molecular flexibility index (Phi) is 8.43. The minimum atomic E-state index is -3.43. The number of carbonyl (C=O) groups is 2. The molecule has 0 bridgehead atoms. The molecular formula is C23H25ClN6O4S. The summed E-state index contributed by atoms with van der Waals surface area (Å²) in [5.74, 6) is -0.879. The molecule has 2 aromatic carbocycles. The van der Waals surface area contributed by atoms with Gasteiger partial charge in [0.05, 0.1) is 34.6 Å². The standard InChI is InChI=1S/C23H25ClN6O4S/c1-3-15-4-6-16(7-5-15)20(13-25)27-23(32)21-14-30(29-28-21)11-10-26-22(31)18-9-8-17(12-19(18)24)35(2,33)34/h4-9,12,20-21H,3,10-11,14H2,1-2H3,(H,26,31)(H,27,32). The molecule has 12 heteroatoms. The van der Waals surface area contributed by atoms with E-state index in [-0.39, 0.29) is 35.1 Å². The molecule has 2 aromatic rings. The van der Waals surface area contributed by atoms with Gasteiger partial charge in [0.1, 0.15) is 6.04 Å². The van der Waals surface area contributed by atoms with E-state index in [1.165, 1.54) is 23.2 Å². The number of halogens is 1. The van der Waals surface area contributed by atoms with Crippen molar-refractivity contribution in [1.82, 2.24) is 15.6 Å². The number of nitriles is 1. The lowest BCUT2D eigenvalue weighted by Gasteiger charge is -2.16. The molecule has 3 rings (SSSR count). The first-order valence-electron chi connectivity index (χ1n) is 10.8. The summed E-state index contributed by atoms with van der Waals surface area (Å²) in [6.07, 6.45) is 1.94. The summed E-state index contributed by atoms with van der Waals surface area (Å²) >= 11 is 6.07. The van der Waals surface area contributed by atoms with Crippen molar-refractivity contribution >= 4 is 33.3 Å². The molecule has 0 fully saturated rings. The van der Waals surface area contributed by atoms with Gasteiger partial charge in [-0.3, -0.25) is 14.6 Å². The number of amides is 2. The van der Waals surface area contributed by atoms with Gasteiger partial charge < -0.3 is 10.6 Å². The molecule has 184 valence electrons. The summed E-state index contributed by atoms with van der Waals surface area (Å²) in [5.41, 5.74) is 1.97. The predicted molar refractivity (Wildman–Crippen MR) is 129 cm³/mol. The van der Waals surface area contributed by atoms with Crippen LogP contribution in [0.4, 0.5) is 0 Å². The van der Waals surface area contributed by atoms with E-state index in [9.17, 15) is 23.3 Å². The molecule has 10 nitrogen and oxygen atoms in total. The van der Waals surface area contributed by atoms with Crippen molar-refractivity contribution in [3.63, 3.8) is 0 Å². The average Bonchev–Trinajstić information content (AvgIpc) is 3.31. The maximum Gasteiger partial charge on any atom is 0.252 e. The topological polar surface area (TPSA) is 144 Å². The highest BCUT2D eigenvalue weighted by Gasteiger charge is 2.28. The minimum Gasteiger partial charge on any atom is -0.350 e. The summed E-state index contributed by atoms with van der Waals surface area (Å²) < 4.78 is 23.2. The number of hydrogen-bond donors (Lipinski definition) is 2. The van der Waals surface area contributed by atoms with Crippen molar-refractivity contribution in [3.05, 3.63) is 64.2 Å². The highest BCUT2D eigenvalue weighted by Crippen LogP contribution is 2.21. The van der Waals surface area contributed by atoms with E-state index < -0.39 is 33.7 Å². The first-order chi connectivity index (χ1) is 16.6. The molecule has 0 saturated heterocycles. The van der Waals surface area contributed by atoms with E-state index in [0.29, 0.717) is 5.56 Å². The van der Waals surface area contributed by atoms with E-state index in [0.717, 1.165) is 18.2 Å². The fourth-order valence-corrected chi connectivity index (χ4v) is 4.34. The van der Waals surface area contributed by atoms with Crippen LogP contribution < -0.4 is 10.6 Å². The Balaban J connectivity index is 1.48. The molecule has 2 N–H and O–H groups in total. The molecule has 0 spiro atoms. The molecular weight excluding hydrogens is 492 g/mol. The molecule has 1 aliphatic rings. The zero-order chi connectivity index (χ0) is 25.6. The maximum absolute atomic E-state index is 12.6. The number of carbonyl (C=O) groups excluding carboxylic acids is 2. The van der Waals surface area contributed by atoms with Crippen LogP contribution in [0.3, 0.4) is 0 Å². The van der Waals surface area contributed by atoms with Gasteiger partial charge in [0.15, 0.2) is 15.9 Å². The number of nitrogens with one attached hydrogen (secondary N) is 2. The molecule has 35 heavy (non-hydrogen) atoms. The van der Waals surface area contributed by atoms with Crippen LogP contribution in [0.25, 0.3) is 0 Å². The normalized spacial score (nSPS) is 15.9. The largest absolute Gasteiger partial charge is 0.350 e. The van der Waals surface area contributed by atoms with Crippen LogP contribution in [0.15, 0.2) is 57.7 Å². The number of nitrogens with zero attached hydrogens (tertiary/aromatic N) is 4. The summed E-state index contributed by atoms with van der Waals surface area (Å²) in [6, 6.07) is 11.9. The van der Waals surface area contributed by atoms with Gasteiger partial charge >= 0.3 is 0 Å². The fraction of sp³-hybridized carbons (Fsp3) is 0.348. The van der Waals surface area contributed by atoms with E-state index in [2.05, 4.69) is 27.0 Å². The van der Waals surface area contributed by atoms with E-state index in [1.807, 2.05) is 31.2 Å². The van der Waals surface area contributed by atoms with E-state index >= 15 is 0 Å². The van der Waals surface area contributed by atoms with Crippen LogP contribution in [0.5, 0.6) is 0 Å². The van der Waals surface area contributed by atoms with E-state index in [4.69, 9.17) is 11.6 Å². The van der Waals surface area contributed by atoms with Crippen LogP contribution in [0, 0.1) is 11.3 Å². The first kappa shape index (κ1) is 26.1. The van der Waals surface area contributed by atoms with Crippen LogP contribution in [0.2, 0.25) is 5.02 Å². The molecule has 0 radical (unpaired) electrons. The summed E-state index contributed by atoms with van der Waals surface area (Å²) in [4.78, 5) is 25.0. The highest BCUT2D eigenvalue weighted by atomic mass is 35.5. The van der Waals surface area contributed by atoms with Crippen molar-refractivity contribution in [1.29, 1.82) is 5.26 Å². The van der Waals surface area contributed by atoms with Gasteiger partial charge in [-0.1, -0.05) is 48.0 Å². The Morgan fingerprint density at radius 2 is 1.97 bits per heavy atom. The second kappa shape index (κ2) is 11.3. The van der Waals surface area contributed by atoms with Crippen LogP contribution >= 0.6 is 11.6 Å². The molecule has 2 amide bonds. The Morgan fingerprint density at radius 1 is 1.26 bits per heavy atom. The molecule has 2 unspecified atom stereocenters. The Bertz CT molecular complexity index is 1270. The van der Waals surface area contributed by atoms with E-state index in [1.54, 1.807) is 0 Å².